The molecule has 0 saturated carbocycles. The first kappa shape index (κ1) is 33.3. The Morgan fingerprint density at radius 1 is 0.765 bits per heavy atom. The Kier molecular flexibility index (Phi) is 8.91. The summed E-state index contributed by atoms with van der Waals surface area (Å²) < 4.78 is 23.1. The van der Waals surface area contributed by atoms with Crippen LogP contribution in [0.4, 0.5) is 0 Å². The molecule has 0 fully saturated rings. The second-order valence-corrected chi connectivity index (χ2v) is 13.1. The Morgan fingerprint density at radius 3 is 2.14 bits per heavy atom. The van der Waals surface area contributed by atoms with Crippen LogP contribution in [0.5, 0.6) is 0 Å². The predicted octanol–water partition coefficient (Wildman–Crippen LogP) is 5.82. The number of thiazole rings is 1. The molecule has 6 heterocycles. The Balaban J connectivity index is 1.31. The fraction of sp³-hybridized carbons (Fsp3) is 0.257. The van der Waals surface area contributed by atoms with Gasteiger partial charge in [-0.15, -0.1) is 11.3 Å². The fourth-order valence-corrected chi connectivity index (χ4v) is 6.06. The van der Waals surface area contributed by atoms with E-state index in [-0.39, 0.29) is 63.9 Å². The van der Waals surface area contributed by atoms with E-state index in [0.717, 1.165) is 0 Å². The van der Waals surface area contributed by atoms with Crippen LogP contribution in [0, 0.1) is 11.8 Å². The Morgan fingerprint density at radius 2 is 1.41 bits per heavy atom. The van der Waals surface area contributed by atoms with E-state index in [2.05, 4.69) is 47.4 Å². The van der Waals surface area contributed by atoms with Gasteiger partial charge in [-0.05, 0) is 11.8 Å². The molecule has 3 amide bonds. The zero-order chi connectivity index (χ0) is 35.8. The Bertz CT molecular complexity index is 2240. The number of nitrogens with one attached hydrogen (secondary N) is 3. The summed E-state index contributed by atoms with van der Waals surface area (Å²) in [5.41, 5.74) is 1.92. The molecule has 0 spiro atoms. The van der Waals surface area contributed by atoms with Crippen LogP contribution in [0.1, 0.15) is 50.5 Å². The minimum atomic E-state index is -1.04. The van der Waals surface area contributed by atoms with Crippen molar-refractivity contribution in [1.82, 2.24) is 40.9 Å². The van der Waals surface area contributed by atoms with E-state index < -0.39 is 29.8 Å². The van der Waals surface area contributed by atoms with Crippen molar-refractivity contribution in [2.75, 3.05) is 0 Å². The van der Waals surface area contributed by atoms with Crippen molar-refractivity contribution < 1.29 is 32.1 Å². The topological polar surface area (TPSA) is 204 Å². The monoisotopic (exact) mass is 708 g/mol. The van der Waals surface area contributed by atoms with Gasteiger partial charge < -0.3 is 33.6 Å². The molecule has 16 heteroatoms. The van der Waals surface area contributed by atoms with Gasteiger partial charge in [-0.3, -0.25) is 14.4 Å². The Labute approximate surface area is 294 Å². The van der Waals surface area contributed by atoms with E-state index >= 15 is 0 Å². The number of rotatable bonds is 4. The molecule has 10 bridgehead atoms. The number of benzene rings is 1. The summed E-state index contributed by atoms with van der Waals surface area (Å²) in [7, 11) is 0. The molecule has 15 nitrogen and oxygen atoms in total. The molecule has 260 valence electrons. The summed E-state index contributed by atoms with van der Waals surface area (Å²) in [5, 5.41) is 10.6. The number of carbonyl (C=O) groups is 3. The van der Waals surface area contributed by atoms with Crippen LogP contribution in [0.15, 0.2) is 78.7 Å². The van der Waals surface area contributed by atoms with Crippen molar-refractivity contribution in [3.05, 3.63) is 72.7 Å². The van der Waals surface area contributed by atoms with Gasteiger partial charge in [0.25, 0.3) is 5.91 Å². The van der Waals surface area contributed by atoms with Gasteiger partial charge in [0.15, 0.2) is 22.8 Å². The molecule has 3 atom stereocenters. The van der Waals surface area contributed by atoms with Crippen LogP contribution in [-0.2, 0) is 9.59 Å². The van der Waals surface area contributed by atoms with Gasteiger partial charge in [0, 0.05) is 10.9 Å². The molecule has 0 saturated heterocycles. The first-order valence-corrected chi connectivity index (χ1v) is 17.0. The van der Waals surface area contributed by atoms with Crippen molar-refractivity contribution in [3.63, 3.8) is 0 Å². The second-order valence-electron chi connectivity index (χ2n) is 12.2. The molecule has 0 radical (unpaired) electrons. The van der Waals surface area contributed by atoms with E-state index in [1.807, 2.05) is 19.9 Å². The van der Waals surface area contributed by atoms with Crippen LogP contribution < -0.4 is 16.0 Å². The minimum absolute atomic E-state index is 0.0172. The molecule has 5 aromatic heterocycles. The van der Waals surface area contributed by atoms with Gasteiger partial charge in [-0.2, -0.15) is 0 Å². The highest BCUT2D eigenvalue weighted by atomic mass is 32.1. The third-order valence-electron chi connectivity index (χ3n) is 8.33. The predicted molar refractivity (Wildman–Crippen MR) is 184 cm³/mol. The first-order chi connectivity index (χ1) is 24.6. The van der Waals surface area contributed by atoms with Crippen molar-refractivity contribution in [2.45, 2.75) is 46.2 Å². The lowest BCUT2D eigenvalue weighted by Gasteiger charge is -2.27. The quantitative estimate of drug-likeness (QED) is 0.198. The smallest absolute Gasteiger partial charge is 0.274 e. The summed E-state index contributed by atoms with van der Waals surface area (Å²) in [6, 6.07) is 6.94. The van der Waals surface area contributed by atoms with Gasteiger partial charge in [-0.1, -0.05) is 71.0 Å². The molecule has 6 aromatic rings. The highest BCUT2D eigenvalue weighted by Crippen LogP contribution is 2.34. The van der Waals surface area contributed by atoms with Gasteiger partial charge >= 0.3 is 0 Å². The van der Waals surface area contributed by atoms with E-state index in [9.17, 15) is 14.4 Å². The number of amides is 3. The maximum Gasteiger partial charge on any atom is 0.274 e. The molecule has 3 N–H and O–H groups in total. The molecule has 1 aliphatic heterocycles. The maximum atomic E-state index is 14.0. The van der Waals surface area contributed by atoms with E-state index in [1.165, 1.54) is 30.1 Å². The third-order valence-corrected chi connectivity index (χ3v) is 9.20. The highest BCUT2D eigenvalue weighted by Gasteiger charge is 2.34. The Hall–Kier alpha value is -6.16. The lowest BCUT2D eigenvalue weighted by Crippen LogP contribution is -2.57. The molecule has 0 unspecified atom stereocenters. The zero-order valence-electron chi connectivity index (χ0n) is 27.9. The number of hydrogen-bond acceptors (Lipinski definition) is 13. The molecule has 1 aromatic carbocycles. The normalized spacial score (nSPS) is 17.4. The molecular weight excluding hydrogens is 677 g/mol. The molecular formula is C35H32N8O7S. The number of fused-ring (bicyclic) bond motifs is 14. The van der Waals surface area contributed by atoms with Crippen LogP contribution in [0.25, 0.3) is 62.5 Å². The van der Waals surface area contributed by atoms with Gasteiger partial charge in [0.2, 0.25) is 35.4 Å². The summed E-state index contributed by atoms with van der Waals surface area (Å²) >= 11 is 1.29. The molecule has 7 rings (SSSR count). The second kappa shape index (κ2) is 13.6. The molecule has 1 aliphatic rings. The van der Waals surface area contributed by atoms with E-state index in [4.69, 9.17) is 17.7 Å². The SMILES string of the molecule is C=C1NC(=O)[C@H](C(C)C)NC(=O)[C@H]([C@@H](C)CC)NC(=O)c2nc(oc2-c2ccccc2)-c2coc(n2)-c2csc(n2)-c2coc(n2)-c2coc1n2. The number of nitrogens with zero attached hydrogens (tertiary/aromatic N) is 5. The molecule has 0 aliphatic carbocycles. The summed E-state index contributed by atoms with van der Waals surface area (Å²) in [6.45, 7) is 11.2. The summed E-state index contributed by atoms with van der Waals surface area (Å²) in [5.74, 6) is -1.88. The standard InChI is InChI=1S/C35H32N8O7S/c1-6-17(4)25-29(45)41-24(16(2)3)28(44)36-18(5)31-37-20(12-47-31)32-39-22(14-49-32)35-40-23(15-51-35)33-38-21(13-48-33)34-43-26(30(46)42-25)27(50-34)19-10-8-7-9-11-19/h7-17,24-25H,5-6H2,1-4H3,(H,36,44)(H,41,45)(H,42,46)/t17-,24-,25-/m0/s1. The van der Waals surface area contributed by atoms with Gasteiger partial charge in [0.1, 0.15) is 47.3 Å². The first-order valence-electron chi connectivity index (χ1n) is 16.1. The van der Waals surface area contributed by atoms with Crippen molar-refractivity contribution in [2.24, 2.45) is 11.8 Å². The lowest BCUT2D eigenvalue weighted by molar-refractivity contribution is -0.131. The number of hydrogen-bond donors (Lipinski definition) is 3. The van der Waals surface area contributed by atoms with Crippen LogP contribution in [0.3, 0.4) is 0 Å². The van der Waals surface area contributed by atoms with Gasteiger partial charge in [0.05, 0.1) is 5.70 Å². The average Bonchev–Trinajstić information content (AvgIpc) is 3.97. The van der Waals surface area contributed by atoms with Crippen LogP contribution in [0.2, 0.25) is 0 Å². The summed E-state index contributed by atoms with van der Waals surface area (Å²) in [4.78, 5) is 64.0. The molecule has 51 heavy (non-hydrogen) atoms. The highest BCUT2D eigenvalue weighted by molar-refractivity contribution is 7.13. The average molecular weight is 709 g/mol. The van der Waals surface area contributed by atoms with Crippen LogP contribution in [-0.4, -0.2) is 54.7 Å². The van der Waals surface area contributed by atoms with Crippen molar-refractivity contribution >= 4 is 34.8 Å². The minimum Gasteiger partial charge on any atom is -0.443 e. The summed E-state index contributed by atoms with van der Waals surface area (Å²) in [6.07, 6.45) is 4.65. The zero-order valence-corrected chi connectivity index (χ0v) is 28.7. The van der Waals surface area contributed by atoms with Crippen molar-refractivity contribution in [3.8, 4) is 56.8 Å². The number of oxazole rings is 4. The fourth-order valence-electron chi connectivity index (χ4n) is 5.32. The van der Waals surface area contributed by atoms with Crippen LogP contribution >= 0.6 is 11.3 Å². The van der Waals surface area contributed by atoms with Crippen molar-refractivity contribution in [1.29, 1.82) is 0 Å². The lowest BCUT2D eigenvalue weighted by atomic mass is 9.96. The number of aromatic nitrogens is 5. The number of carbonyl (C=O) groups excluding carboxylic acids is 3. The van der Waals surface area contributed by atoms with E-state index in [1.54, 1.807) is 43.5 Å². The third kappa shape index (κ3) is 6.60. The maximum absolute atomic E-state index is 14.0. The van der Waals surface area contributed by atoms with Gasteiger partial charge in [-0.25, -0.2) is 24.9 Å². The largest absolute Gasteiger partial charge is 0.443 e. The van der Waals surface area contributed by atoms with E-state index in [0.29, 0.717) is 28.4 Å².